The van der Waals surface area contributed by atoms with E-state index in [1.165, 1.54) is 6.07 Å². The van der Waals surface area contributed by atoms with Crippen molar-refractivity contribution in [1.82, 2.24) is 0 Å². The highest BCUT2D eigenvalue weighted by Crippen LogP contribution is 2.21. The van der Waals surface area contributed by atoms with Gasteiger partial charge >= 0.3 is 13.1 Å². The molecule has 7 heteroatoms. The first kappa shape index (κ1) is 12.4. The maximum Gasteiger partial charge on any atom is 0.491 e. The van der Waals surface area contributed by atoms with Crippen LogP contribution in [-0.4, -0.2) is 36.4 Å². The molecule has 2 rings (SSSR count). The molecule has 0 aliphatic carbocycles. The first-order chi connectivity index (χ1) is 8.13. The van der Waals surface area contributed by atoms with Crippen molar-refractivity contribution in [3.8, 4) is 0 Å². The summed E-state index contributed by atoms with van der Waals surface area (Å²) < 4.78 is 9.76. The van der Waals surface area contributed by atoms with E-state index in [9.17, 15) is 9.82 Å². The largest absolute Gasteiger partial charge is 0.491 e. The van der Waals surface area contributed by atoms with Crippen molar-refractivity contribution in [1.29, 1.82) is 0 Å². The number of aliphatic hydroxyl groups is 1. The zero-order valence-corrected chi connectivity index (χ0v) is 9.61. The summed E-state index contributed by atoms with van der Waals surface area (Å²) in [5.74, 6) is -0.633. The molecule has 2 N–H and O–H groups in total. The van der Waals surface area contributed by atoms with Gasteiger partial charge in [0.25, 0.3) is 0 Å². The first-order valence-electron chi connectivity index (χ1n) is 5.03. The Hall–Kier alpha value is -1.08. The molecule has 1 heterocycles. The summed E-state index contributed by atoms with van der Waals surface area (Å²) in [5, 5.41) is 18.3. The van der Waals surface area contributed by atoms with Crippen LogP contribution >= 0.6 is 11.6 Å². The zero-order chi connectivity index (χ0) is 12.4. The van der Waals surface area contributed by atoms with Gasteiger partial charge in [-0.05, 0) is 23.2 Å². The summed E-state index contributed by atoms with van der Waals surface area (Å²) >= 11 is 5.93. The van der Waals surface area contributed by atoms with E-state index in [0.717, 1.165) is 5.56 Å². The Morgan fingerprint density at radius 1 is 1.59 bits per heavy atom. The average Bonchev–Trinajstić information content (AvgIpc) is 2.66. The number of carbonyl (C=O) groups excluding carboxylic acids is 1. The van der Waals surface area contributed by atoms with E-state index >= 15 is 0 Å². The molecule has 1 aliphatic heterocycles. The maximum absolute atomic E-state index is 11.6. The van der Waals surface area contributed by atoms with Crippen molar-refractivity contribution in [2.75, 3.05) is 13.2 Å². The topological polar surface area (TPSA) is 76.0 Å². The second kappa shape index (κ2) is 5.06. The van der Waals surface area contributed by atoms with E-state index < -0.39 is 13.1 Å². The van der Waals surface area contributed by atoms with Crippen LogP contribution in [0, 0.1) is 0 Å². The Balaban J connectivity index is 2.29. The van der Waals surface area contributed by atoms with Crippen LogP contribution in [0.1, 0.15) is 15.9 Å². The average molecular weight is 256 g/mol. The Labute approximate surface area is 103 Å². The molecule has 1 aromatic carbocycles. The summed E-state index contributed by atoms with van der Waals surface area (Å²) in [6, 6.07) is 3.03. The summed E-state index contributed by atoms with van der Waals surface area (Å²) in [5.41, 5.74) is 1.43. The third-order valence-corrected chi connectivity index (χ3v) is 2.75. The predicted octanol–water partition coefficient (Wildman–Crippen LogP) is -0.293. The number of hydrogen-bond donors (Lipinski definition) is 2. The van der Waals surface area contributed by atoms with E-state index in [-0.39, 0.29) is 30.4 Å². The van der Waals surface area contributed by atoms with Gasteiger partial charge in [-0.1, -0.05) is 11.6 Å². The first-order valence-corrected chi connectivity index (χ1v) is 5.41. The summed E-state index contributed by atoms with van der Waals surface area (Å²) in [7, 11) is -1.04. The van der Waals surface area contributed by atoms with Gasteiger partial charge in [0.05, 0.1) is 23.8 Å². The van der Waals surface area contributed by atoms with E-state index in [0.29, 0.717) is 5.46 Å². The molecule has 0 saturated heterocycles. The fourth-order valence-electron chi connectivity index (χ4n) is 1.62. The highest BCUT2D eigenvalue weighted by atomic mass is 35.5. The van der Waals surface area contributed by atoms with Gasteiger partial charge in [-0.25, -0.2) is 4.79 Å². The molecule has 0 unspecified atom stereocenters. The van der Waals surface area contributed by atoms with Gasteiger partial charge in [0, 0.05) is 0 Å². The second-order valence-corrected chi connectivity index (χ2v) is 3.96. The highest BCUT2D eigenvalue weighted by molar-refractivity contribution is 6.61. The molecular formula is C10H10BClO5. The number of benzene rings is 1. The van der Waals surface area contributed by atoms with E-state index in [1.807, 2.05) is 0 Å². The molecule has 0 spiro atoms. The molecule has 0 atom stereocenters. The molecular weight excluding hydrogens is 246 g/mol. The Morgan fingerprint density at radius 2 is 2.35 bits per heavy atom. The van der Waals surface area contributed by atoms with Gasteiger partial charge in [0.15, 0.2) is 0 Å². The minimum atomic E-state index is -1.04. The molecule has 0 amide bonds. The lowest BCUT2D eigenvalue weighted by Crippen LogP contribution is -2.29. The molecule has 1 aliphatic rings. The van der Waals surface area contributed by atoms with Crippen LogP contribution in [0.2, 0.25) is 5.02 Å². The minimum Gasteiger partial charge on any atom is -0.460 e. The lowest BCUT2D eigenvalue weighted by molar-refractivity contribution is 0.0434. The Morgan fingerprint density at radius 3 is 3.06 bits per heavy atom. The fourth-order valence-corrected chi connectivity index (χ4v) is 1.88. The van der Waals surface area contributed by atoms with Crippen molar-refractivity contribution >= 4 is 30.2 Å². The third-order valence-electron chi connectivity index (χ3n) is 2.44. The number of aliphatic hydroxyl groups excluding tert-OH is 1. The fraction of sp³-hybridized carbons (Fsp3) is 0.300. The smallest absolute Gasteiger partial charge is 0.460 e. The van der Waals surface area contributed by atoms with Crippen LogP contribution in [0.25, 0.3) is 0 Å². The highest BCUT2D eigenvalue weighted by Gasteiger charge is 2.29. The van der Waals surface area contributed by atoms with Crippen molar-refractivity contribution in [3.05, 3.63) is 28.3 Å². The van der Waals surface area contributed by atoms with Gasteiger partial charge in [-0.3, -0.25) is 0 Å². The van der Waals surface area contributed by atoms with Crippen LogP contribution < -0.4 is 5.46 Å². The normalized spacial score (nSPS) is 13.7. The summed E-state index contributed by atoms with van der Waals surface area (Å²) in [6.45, 7) is -0.0759. The number of esters is 1. The zero-order valence-electron chi connectivity index (χ0n) is 8.85. The number of halogens is 1. The monoisotopic (exact) mass is 256 g/mol. The maximum atomic E-state index is 11.6. The Kier molecular flexibility index (Phi) is 3.68. The molecule has 0 radical (unpaired) electrons. The quantitative estimate of drug-likeness (QED) is 0.574. The molecule has 5 nitrogen and oxygen atoms in total. The number of hydrogen-bond acceptors (Lipinski definition) is 5. The van der Waals surface area contributed by atoms with E-state index in [2.05, 4.69) is 0 Å². The van der Waals surface area contributed by atoms with Crippen LogP contribution in [0.5, 0.6) is 0 Å². The third kappa shape index (κ3) is 2.45. The van der Waals surface area contributed by atoms with Crippen molar-refractivity contribution < 1.29 is 24.3 Å². The molecule has 90 valence electrons. The second-order valence-electron chi connectivity index (χ2n) is 3.55. The van der Waals surface area contributed by atoms with Crippen LogP contribution in [0.15, 0.2) is 12.1 Å². The van der Waals surface area contributed by atoms with Crippen molar-refractivity contribution in [3.63, 3.8) is 0 Å². The minimum absolute atomic E-state index is 0.0920. The number of ether oxygens (including phenoxy) is 1. The number of carbonyl (C=O) groups is 1. The summed E-state index contributed by atoms with van der Waals surface area (Å²) in [6.07, 6.45) is 0. The van der Waals surface area contributed by atoms with Gasteiger partial charge in [-0.15, -0.1) is 0 Å². The molecule has 0 bridgehead atoms. The van der Waals surface area contributed by atoms with Crippen LogP contribution in [0.4, 0.5) is 0 Å². The molecule has 17 heavy (non-hydrogen) atoms. The van der Waals surface area contributed by atoms with Gasteiger partial charge in [0.1, 0.15) is 6.61 Å². The van der Waals surface area contributed by atoms with Crippen LogP contribution in [0.3, 0.4) is 0 Å². The molecule has 0 saturated carbocycles. The predicted molar refractivity (Wildman–Crippen MR) is 61.2 cm³/mol. The van der Waals surface area contributed by atoms with Crippen LogP contribution in [-0.2, 0) is 16.0 Å². The standard InChI is InChI=1S/C10H10BClO5/c12-9-3-6-5-17-11(15)8(6)4-7(9)10(14)16-2-1-13/h3-4,13,15H,1-2,5H2. The molecule has 0 fully saturated rings. The van der Waals surface area contributed by atoms with Gasteiger partial charge in [-0.2, -0.15) is 0 Å². The van der Waals surface area contributed by atoms with E-state index in [4.69, 9.17) is 26.1 Å². The molecule has 1 aromatic rings. The molecule has 0 aromatic heterocycles. The SMILES string of the molecule is O=C(OCCO)c1cc2c(cc1Cl)COB2O. The number of fused-ring (bicyclic) bond motifs is 1. The Bertz CT molecular complexity index is 451. The number of rotatable bonds is 3. The van der Waals surface area contributed by atoms with Crippen molar-refractivity contribution in [2.24, 2.45) is 0 Å². The lowest BCUT2D eigenvalue weighted by atomic mass is 9.79. The van der Waals surface area contributed by atoms with Crippen molar-refractivity contribution in [2.45, 2.75) is 6.61 Å². The van der Waals surface area contributed by atoms with Gasteiger partial charge in [0.2, 0.25) is 0 Å². The summed E-state index contributed by atoms with van der Waals surface area (Å²) in [4.78, 5) is 11.6. The van der Waals surface area contributed by atoms with Gasteiger partial charge < -0.3 is 19.5 Å². The lowest BCUT2D eigenvalue weighted by Gasteiger charge is -2.07. The van der Waals surface area contributed by atoms with E-state index in [1.54, 1.807) is 6.07 Å².